The maximum Gasteiger partial charge on any atom is 0.332 e. The van der Waals surface area contributed by atoms with E-state index in [1.165, 1.54) is 12.1 Å². The Labute approximate surface area is 109 Å². The first-order valence-corrected chi connectivity index (χ1v) is 5.92. The van der Waals surface area contributed by atoms with Crippen molar-refractivity contribution in [2.45, 2.75) is 25.0 Å². The van der Waals surface area contributed by atoms with Crippen molar-refractivity contribution >= 4 is 11.7 Å². The van der Waals surface area contributed by atoms with Gasteiger partial charge < -0.3 is 15.2 Å². The van der Waals surface area contributed by atoms with E-state index in [-0.39, 0.29) is 11.7 Å². The molecule has 2 unspecified atom stereocenters. The molecule has 0 saturated carbocycles. The topological polar surface area (TPSA) is 82.4 Å². The molecule has 100 valence electrons. The minimum atomic E-state index is -0.967. The first-order valence-electron chi connectivity index (χ1n) is 5.92. The number of halogens is 1. The fraction of sp³-hybridized carbons (Fsp3) is 0.385. The number of benzene rings is 1. The average molecular weight is 264 g/mol. The number of nitrogens with one attached hydrogen (secondary N) is 1. The molecule has 2 atom stereocenters. The molecule has 0 bridgehead atoms. The highest BCUT2D eigenvalue weighted by molar-refractivity contribution is 5.72. The van der Waals surface area contributed by atoms with Crippen molar-refractivity contribution in [3.8, 4) is 6.07 Å². The molecule has 19 heavy (non-hydrogen) atoms. The van der Waals surface area contributed by atoms with Gasteiger partial charge in [-0.25, -0.2) is 9.18 Å². The standard InChI is InChI=1S/C13H13FN2O3/c14-10-2-1-3-11(9(10)6-15)16-7-8-4-5-12(19-8)13(17)18/h1-3,8,12,16H,4-5,7H2,(H,17,18). The van der Waals surface area contributed by atoms with Crippen molar-refractivity contribution in [2.75, 3.05) is 11.9 Å². The lowest BCUT2D eigenvalue weighted by Crippen LogP contribution is -2.24. The van der Waals surface area contributed by atoms with Crippen LogP contribution in [-0.4, -0.2) is 29.8 Å². The van der Waals surface area contributed by atoms with Gasteiger partial charge in [0, 0.05) is 6.54 Å². The smallest absolute Gasteiger partial charge is 0.332 e. The number of anilines is 1. The van der Waals surface area contributed by atoms with Crippen LogP contribution in [0, 0.1) is 17.1 Å². The van der Waals surface area contributed by atoms with E-state index in [0.29, 0.717) is 25.1 Å². The zero-order chi connectivity index (χ0) is 13.8. The van der Waals surface area contributed by atoms with Crippen LogP contribution in [0.25, 0.3) is 0 Å². The van der Waals surface area contributed by atoms with E-state index in [2.05, 4.69) is 5.32 Å². The Morgan fingerprint density at radius 3 is 3.00 bits per heavy atom. The number of carbonyl (C=O) groups is 1. The third kappa shape index (κ3) is 3.01. The van der Waals surface area contributed by atoms with Gasteiger partial charge in [0.25, 0.3) is 0 Å². The highest BCUT2D eigenvalue weighted by atomic mass is 19.1. The van der Waals surface area contributed by atoms with Crippen LogP contribution >= 0.6 is 0 Å². The lowest BCUT2D eigenvalue weighted by Gasteiger charge is -2.14. The first-order chi connectivity index (χ1) is 9.11. The van der Waals surface area contributed by atoms with E-state index < -0.39 is 17.9 Å². The van der Waals surface area contributed by atoms with Crippen LogP contribution in [-0.2, 0) is 9.53 Å². The number of carboxylic acid groups (broad SMARTS) is 1. The monoisotopic (exact) mass is 264 g/mol. The molecule has 1 aromatic rings. The van der Waals surface area contributed by atoms with E-state index in [4.69, 9.17) is 15.1 Å². The SMILES string of the molecule is N#Cc1c(F)cccc1NCC1CCC(C(=O)O)O1. The van der Waals surface area contributed by atoms with Gasteiger partial charge in [0.05, 0.1) is 11.8 Å². The molecule has 1 saturated heterocycles. The summed E-state index contributed by atoms with van der Waals surface area (Å²) in [6, 6.07) is 6.12. The second kappa shape index (κ2) is 5.67. The third-order valence-corrected chi connectivity index (χ3v) is 3.03. The zero-order valence-corrected chi connectivity index (χ0v) is 10.1. The molecule has 1 aliphatic rings. The number of nitrogens with zero attached hydrogens (tertiary/aromatic N) is 1. The summed E-state index contributed by atoms with van der Waals surface area (Å²) >= 11 is 0. The molecule has 1 aliphatic heterocycles. The molecule has 0 radical (unpaired) electrons. The summed E-state index contributed by atoms with van der Waals surface area (Å²) in [4.78, 5) is 10.7. The van der Waals surface area contributed by atoms with E-state index >= 15 is 0 Å². The zero-order valence-electron chi connectivity index (χ0n) is 10.1. The number of carboxylic acids is 1. The summed E-state index contributed by atoms with van der Waals surface area (Å²) in [6.45, 7) is 0.349. The first kappa shape index (κ1) is 13.3. The van der Waals surface area contributed by atoms with E-state index in [0.717, 1.165) is 0 Å². The van der Waals surface area contributed by atoms with Crippen LogP contribution in [0.1, 0.15) is 18.4 Å². The minimum Gasteiger partial charge on any atom is -0.479 e. The van der Waals surface area contributed by atoms with Gasteiger partial charge in [0.2, 0.25) is 0 Å². The predicted octanol–water partition coefficient (Wildman–Crippen LogP) is 1.74. The largest absolute Gasteiger partial charge is 0.479 e. The van der Waals surface area contributed by atoms with Crippen LogP contribution < -0.4 is 5.32 Å². The van der Waals surface area contributed by atoms with Gasteiger partial charge in [-0.2, -0.15) is 5.26 Å². The van der Waals surface area contributed by atoms with Crippen molar-refractivity contribution in [3.63, 3.8) is 0 Å². The number of hydrogen-bond acceptors (Lipinski definition) is 4. The molecule has 2 N–H and O–H groups in total. The van der Waals surface area contributed by atoms with Gasteiger partial charge in [-0.05, 0) is 25.0 Å². The summed E-state index contributed by atoms with van der Waals surface area (Å²) in [5.74, 6) is -1.55. The molecule has 2 rings (SSSR count). The molecule has 0 aromatic heterocycles. The Bertz CT molecular complexity index is 527. The van der Waals surface area contributed by atoms with Crippen molar-refractivity contribution in [2.24, 2.45) is 0 Å². The fourth-order valence-electron chi connectivity index (χ4n) is 2.05. The van der Waals surface area contributed by atoms with Gasteiger partial charge in [-0.15, -0.1) is 0 Å². The number of rotatable bonds is 4. The number of ether oxygens (including phenoxy) is 1. The van der Waals surface area contributed by atoms with Gasteiger partial charge in [-0.3, -0.25) is 0 Å². The Balaban J connectivity index is 1.96. The number of hydrogen-bond donors (Lipinski definition) is 2. The molecule has 1 fully saturated rings. The lowest BCUT2D eigenvalue weighted by molar-refractivity contribution is -0.149. The second-order valence-electron chi connectivity index (χ2n) is 4.32. The van der Waals surface area contributed by atoms with Crippen molar-refractivity contribution < 1.29 is 19.0 Å². The maximum absolute atomic E-state index is 13.3. The van der Waals surface area contributed by atoms with Gasteiger partial charge in [0.15, 0.2) is 6.10 Å². The van der Waals surface area contributed by atoms with Crippen LogP contribution in [0.15, 0.2) is 18.2 Å². The Morgan fingerprint density at radius 1 is 1.58 bits per heavy atom. The fourth-order valence-corrected chi connectivity index (χ4v) is 2.05. The highest BCUT2D eigenvalue weighted by Gasteiger charge is 2.30. The van der Waals surface area contributed by atoms with Crippen molar-refractivity contribution in [3.05, 3.63) is 29.6 Å². The second-order valence-corrected chi connectivity index (χ2v) is 4.32. The molecular weight excluding hydrogens is 251 g/mol. The number of nitriles is 1. The Hall–Kier alpha value is -2.13. The molecule has 0 spiro atoms. The number of aliphatic carboxylic acids is 1. The molecule has 6 heteroatoms. The minimum absolute atomic E-state index is 0.0460. The van der Waals surface area contributed by atoms with Gasteiger partial charge in [0.1, 0.15) is 17.4 Å². The van der Waals surface area contributed by atoms with Crippen LogP contribution in [0.2, 0.25) is 0 Å². The Morgan fingerprint density at radius 2 is 2.37 bits per heavy atom. The van der Waals surface area contributed by atoms with Crippen molar-refractivity contribution in [1.82, 2.24) is 0 Å². The van der Waals surface area contributed by atoms with Crippen molar-refractivity contribution in [1.29, 1.82) is 5.26 Å². The Kier molecular flexibility index (Phi) is 3.97. The van der Waals surface area contributed by atoms with Crippen LogP contribution in [0.3, 0.4) is 0 Å². The molecular formula is C13H13FN2O3. The van der Waals surface area contributed by atoms with E-state index in [1.54, 1.807) is 12.1 Å². The summed E-state index contributed by atoms with van der Waals surface area (Å²) in [5.41, 5.74) is 0.347. The quantitative estimate of drug-likeness (QED) is 0.865. The average Bonchev–Trinajstić information content (AvgIpc) is 2.85. The molecule has 1 aromatic carbocycles. The predicted molar refractivity (Wildman–Crippen MR) is 65.1 cm³/mol. The molecule has 1 heterocycles. The third-order valence-electron chi connectivity index (χ3n) is 3.03. The normalized spacial score (nSPS) is 21.9. The van der Waals surface area contributed by atoms with Crippen LogP contribution in [0.4, 0.5) is 10.1 Å². The lowest BCUT2D eigenvalue weighted by atomic mass is 10.1. The molecule has 5 nitrogen and oxygen atoms in total. The molecule has 0 amide bonds. The molecule has 0 aliphatic carbocycles. The van der Waals surface area contributed by atoms with E-state index in [1.807, 2.05) is 0 Å². The summed E-state index contributed by atoms with van der Waals surface area (Å²) in [6.07, 6.45) is 0.0857. The van der Waals surface area contributed by atoms with Crippen LogP contribution in [0.5, 0.6) is 0 Å². The summed E-state index contributed by atoms with van der Waals surface area (Å²) in [7, 11) is 0. The highest BCUT2D eigenvalue weighted by Crippen LogP contribution is 2.22. The van der Waals surface area contributed by atoms with Gasteiger partial charge >= 0.3 is 5.97 Å². The maximum atomic E-state index is 13.3. The summed E-state index contributed by atoms with van der Waals surface area (Å²) < 4.78 is 18.7. The van der Waals surface area contributed by atoms with E-state index in [9.17, 15) is 9.18 Å². The summed E-state index contributed by atoms with van der Waals surface area (Å²) in [5, 5.41) is 20.6. The van der Waals surface area contributed by atoms with Gasteiger partial charge in [-0.1, -0.05) is 6.07 Å².